The fourth-order valence-electron chi connectivity index (χ4n) is 1.91. The molecule has 0 bridgehead atoms. The van der Waals surface area contributed by atoms with Crippen LogP contribution in [0.15, 0.2) is 46.4 Å². The number of rotatable bonds is 3. The molecule has 22 heavy (non-hydrogen) atoms. The van der Waals surface area contributed by atoms with Crippen molar-refractivity contribution in [3.8, 4) is 0 Å². The van der Waals surface area contributed by atoms with Gasteiger partial charge in [0.2, 0.25) is 5.90 Å². The minimum atomic E-state index is -0.527. The van der Waals surface area contributed by atoms with Crippen molar-refractivity contribution in [2.75, 3.05) is 0 Å². The number of hydrogen-bond acceptors (Lipinski definition) is 6. The zero-order chi connectivity index (χ0) is 15.7. The molecule has 1 aliphatic heterocycles. The molecule has 2 aromatic rings. The van der Waals surface area contributed by atoms with E-state index in [4.69, 9.17) is 4.74 Å². The second-order valence-corrected chi connectivity index (χ2v) is 5.56. The molecule has 0 aliphatic carbocycles. The van der Waals surface area contributed by atoms with Crippen LogP contribution in [0.2, 0.25) is 0 Å². The number of aliphatic imine (C=N–C) groups is 1. The first-order valence-corrected chi connectivity index (χ1v) is 7.24. The number of carbonyl (C=O) groups excluding carboxylic acids is 1. The lowest BCUT2D eigenvalue weighted by atomic mass is 10.2. The Balaban J connectivity index is 1.91. The third-order valence-corrected chi connectivity index (χ3v) is 4.08. The fourth-order valence-corrected chi connectivity index (χ4v) is 2.77. The summed E-state index contributed by atoms with van der Waals surface area (Å²) in [4.78, 5) is 27.1. The Morgan fingerprint density at radius 3 is 2.59 bits per heavy atom. The van der Waals surface area contributed by atoms with E-state index in [1.165, 1.54) is 35.6 Å². The number of non-ortho nitro benzene ring substituents is 1. The third kappa shape index (κ3) is 2.66. The first-order chi connectivity index (χ1) is 10.5. The molecule has 0 amide bonds. The first-order valence-electron chi connectivity index (χ1n) is 6.36. The topological polar surface area (TPSA) is 81.8 Å². The van der Waals surface area contributed by atoms with Crippen LogP contribution in [-0.2, 0) is 9.53 Å². The Hall–Kier alpha value is -2.80. The highest BCUT2D eigenvalue weighted by molar-refractivity contribution is 7.11. The van der Waals surface area contributed by atoms with Crippen LogP contribution in [-0.4, -0.2) is 16.8 Å². The number of nitro groups is 1. The van der Waals surface area contributed by atoms with Crippen LogP contribution in [0.1, 0.15) is 16.0 Å². The van der Waals surface area contributed by atoms with Crippen molar-refractivity contribution in [2.24, 2.45) is 4.99 Å². The molecule has 7 heteroatoms. The van der Waals surface area contributed by atoms with Gasteiger partial charge < -0.3 is 4.74 Å². The highest BCUT2D eigenvalue weighted by Gasteiger charge is 2.24. The molecule has 0 saturated carbocycles. The van der Waals surface area contributed by atoms with Crippen LogP contribution in [0.5, 0.6) is 0 Å². The number of cyclic esters (lactones) is 1. The first kappa shape index (κ1) is 14.2. The maximum Gasteiger partial charge on any atom is 0.363 e. The van der Waals surface area contributed by atoms with E-state index >= 15 is 0 Å². The van der Waals surface area contributed by atoms with Crippen molar-refractivity contribution >= 4 is 35.0 Å². The Morgan fingerprint density at radius 1 is 1.27 bits per heavy atom. The molecule has 0 radical (unpaired) electrons. The number of benzene rings is 1. The molecule has 6 nitrogen and oxygen atoms in total. The number of nitrogens with zero attached hydrogens (tertiary/aromatic N) is 2. The summed E-state index contributed by atoms with van der Waals surface area (Å²) < 4.78 is 5.13. The number of ether oxygens (including phenoxy) is 1. The van der Waals surface area contributed by atoms with Gasteiger partial charge in [-0.3, -0.25) is 10.1 Å². The van der Waals surface area contributed by atoms with Gasteiger partial charge >= 0.3 is 5.97 Å². The molecule has 1 aromatic carbocycles. The number of hydrogen-bond donors (Lipinski definition) is 0. The smallest absolute Gasteiger partial charge is 0.363 e. The van der Waals surface area contributed by atoms with Crippen LogP contribution < -0.4 is 0 Å². The molecule has 0 saturated heterocycles. The Bertz CT molecular complexity index is 818. The van der Waals surface area contributed by atoms with Crippen LogP contribution in [0.25, 0.3) is 6.08 Å². The van der Waals surface area contributed by atoms with Crippen molar-refractivity contribution in [1.29, 1.82) is 0 Å². The molecule has 110 valence electrons. The van der Waals surface area contributed by atoms with Gasteiger partial charge in [0.25, 0.3) is 5.69 Å². The lowest BCUT2D eigenvalue weighted by molar-refractivity contribution is -0.384. The van der Waals surface area contributed by atoms with Gasteiger partial charge in [-0.2, -0.15) is 0 Å². The lowest BCUT2D eigenvalue weighted by Crippen LogP contribution is -2.05. The van der Waals surface area contributed by atoms with Crippen LogP contribution in [0, 0.1) is 17.0 Å². The second-order valence-electron chi connectivity index (χ2n) is 4.61. The number of aryl methyl sites for hydroxylation is 1. The van der Waals surface area contributed by atoms with E-state index in [0.717, 1.165) is 10.4 Å². The average molecular weight is 314 g/mol. The highest BCUT2D eigenvalue weighted by atomic mass is 32.1. The van der Waals surface area contributed by atoms with Crippen molar-refractivity contribution in [3.05, 3.63) is 67.5 Å². The van der Waals surface area contributed by atoms with E-state index in [9.17, 15) is 14.9 Å². The predicted octanol–water partition coefficient (Wildman–Crippen LogP) is 3.31. The minimum Gasteiger partial charge on any atom is -0.402 e. The van der Waals surface area contributed by atoms with Gasteiger partial charge in [0, 0.05) is 22.6 Å². The number of nitro benzene ring substituents is 1. The summed E-state index contributed by atoms with van der Waals surface area (Å²) in [7, 11) is 0. The summed E-state index contributed by atoms with van der Waals surface area (Å²) in [6.07, 6.45) is 1.68. The number of carbonyl (C=O) groups is 1. The second kappa shape index (κ2) is 5.53. The van der Waals surface area contributed by atoms with E-state index < -0.39 is 10.9 Å². The van der Waals surface area contributed by atoms with Crippen LogP contribution >= 0.6 is 11.3 Å². The summed E-state index contributed by atoms with van der Waals surface area (Å²) in [6, 6.07) is 7.65. The van der Waals surface area contributed by atoms with Gasteiger partial charge in [-0.25, -0.2) is 9.79 Å². The minimum absolute atomic E-state index is 0.0290. The quantitative estimate of drug-likeness (QED) is 0.377. The Labute approximate surface area is 129 Å². The molecule has 0 unspecified atom stereocenters. The maximum absolute atomic E-state index is 11.9. The lowest BCUT2D eigenvalue weighted by Gasteiger charge is -1.98. The van der Waals surface area contributed by atoms with Crippen LogP contribution in [0.4, 0.5) is 5.69 Å². The molecule has 1 aromatic heterocycles. The summed E-state index contributed by atoms with van der Waals surface area (Å²) >= 11 is 1.51. The molecule has 0 atom stereocenters. The van der Waals surface area contributed by atoms with Crippen LogP contribution in [0.3, 0.4) is 0 Å². The van der Waals surface area contributed by atoms with E-state index in [1.54, 1.807) is 6.08 Å². The summed E-state index contributed by atoms with van der Waals surface area (Å²) in [6.45, 7) is 1.95. The van der Waals surface area contributed by atoms with Gasteiger partial charge in [0.05, 0.1) is 4.92 Å². The zero-order valence-corrected chi connectivity index (χ0v) is 12.3. The number of thiophene rings is 1. The van der Waals surface area contributed by atoms with E-state index in [1.807, 2.05) is 18.4 Å². The van der Waals surface area contributed by atoms with Crippen molar-refractivity contribution < 1.29 is 14.5 Å². The predicted molar refractivity (Wildman–Crippen MR) is 82.8 cm³/mol. The Kier molecular flexibility index (Phi) is 3.56. The molecule has 2 heterocycles. The van der Waals surface area contributed by atoms with Crippen molar-refractivity contribution in [2.45, 2.75) is 6.92 Å². The molecule has 0 N–H and O–H groups in total. The zero-order valence-electron chi connectivity index (χ0n) is 11.5. The molecule has 0 spiro atoms. The largest absolute Gasteiger partial charge is 0.402 e. The molecule has 3 rings (SSSR count). The molecule has 0 fully saturated rings. The van der Waals surface area contributed by atoms with Crippen molar-refractivity contribution in [1.82, 2.24) is 0 Å². The summed E-state index contributed by atoms with van der Waals surface area (Å²) in [5.74, 6) is -0.374. The highest BCUT2D eigenvalue weighted by Crippen LogP contribution is 2.24. The summed E-state index contributed by atoms with van der Waals surface area (Å²) in [5, 5.41) is 12.6. The normalized spacial score (nSPS) is 15.8. The van der Waals surface area contributed by atoms with Gasteiger partial charge in [-0.1, -0.05) is 0 Å². The summed E-state index contributed by atoms with van der Waals surface area (Å²) in [5.41, 5.74) is 1.77. The van der Waals surface area contributed by atoms with Crippen molar-refractivity contribution in [3.63, 3.8) is 0 Å². The Morgan fingerprint density at radius 2 is 2.00 bits per heavy atom. The van der Waals surface area contributed by atoms with E-state index in [0.29, 0.717) is 5.56 Å². The SMILES string of the molecule is Cc1ccsc1/C=C1/N=C(c2ccc([N+](=O)[O-])cc2)OC1=O. The monoisotopic (exact) mass is 314 g/mol. The fraction of sp³-hybridized carbons (Fsp3) is 0.0667. The molecule has 1 aliphatic rings. The standard InChI is InChI=1S/C15H10N2O4S/c1-9-6-7-22-13(9)8-12-15(18)21-14(16-12)10-2-4-11(5-3-10)17(19)20/h2-8H,1H3/b12-8+. The van der Waals surface area contributed by atoms with Gasteiger partial charge in [-0.05, 0) is 42.1 Å². The number of esters is 1. The van der Waals surface area contributed by atoms with Gasteiger partial charge in [0.1, 0.15) is 0 Å². The molecular formula is C15H10N2O4S. The van der Waals surface area contributed by atoms with E-state index in [2.05, 4.69) is 4.99 Å². The average Bonchev–Trinajstić information content (AvgIpc) is 3.07. The van der Waals surface area contributed by atoms with E-state index in [-0.39, 0.29) is 17.3 Å². The van der Waals surface area contributed by atoms with Gasteiger partial charge in [-0.15, -0.1) is 11.3 Å². The molecular weight excluding hydrogens is 304 g/mol. The maximum atomic E-state index is 11.9. The third-order valence-electron chi connectivity index (χ3n) is 3.12. The van der Waals surface area contributed by atoms with Gasteiger partial charge in [0.15, 0.2) is 5.70 Å².